The van der Waals surface area contributed by atoms with Gasteiger partial charge in [0, 0.05) is 12.7 Å². The van der Waals surface area contributed by atoms with E-state index in [0.717, 1.165) is 5.69 Å². The normalized spacial score (nSPS) is 12.0. The van der Waals surface area contributed by atoms with E-state index in [1.807, 2.05) is 56.1 Å². The van der Waals surface area contributed by atoms with Crippen molar-refractivity contribution in [2.45, 2.75) is 19.9 Å². The molecule has 0 saturated carbocycles. The maximum Gasteiger partial charge on any atom is 0.322 e. The van der Waals surface area contributed by atoms with Crippen LogP contribution in [0.4, 0.5) is 5.69 Å². The molecule has 1 atom stereocenters. The van der Waals surface area contributed by atoms with Crippen molar-refractivity contribution in [3.05, 3.63) is 30.3 Å². The minimum absolute atomic E-state index is 0.0685. The number of carbonyl (C=O) groups excluding carboxylic acids is 1. The topological polar surface area (TPSA) is 69.6 Å². The molecule has 0 saturated heterocycles. The highest BCUT2D eigenvalue weighted by atomic mass is 16.4. The molecule has 0 fully saturated rings. The zero-order chi connectivity index (χ0) is 14.4. The van der Waals surface area contributed by atoms with E-state index in [1.165, 1.54) is 0 Å². The number of rotatable bonds is 6. The molecule has 0 radical (unpaired) electrons. The summed E-state index contributed by atoms with van der Waals surface area (Å²) < 4.78 is 0. The average Bonchev–Trinajstić information content (AvgIpc) is 2.37. The van der Waals surface area contributed by atoms with E-state index in [4.69, 9.17) is 5.11 Å². The molecular formula is C14H20N2O3. The zero-order valence-corrected chi connectivity index (χ0v) is 11.5. The molecule has 19 heavy (non-hydrogen) atoms. The van der Waals surface area contributed by atoms with Gasteiger partial charge in [0.2, 0.25) is 5.91 Å². The summed E-state index contributed by atoms with van der Waals surface area (Å²) in [5, 5.41) is 11.0. The Morgan fingerprint density at radius 3 is 2.32 bits per heavy atom. The first kappa shape index (κ1) is 15.0. The monoisotopic (exact) mass is 264 g/mol. The molecule has 0 aliphatic carbocycles. The second kappa shape index (κ2) is 6.78. The fourth-order valence-electron chi connectivity index (χ4n) is 2.02. The third-order valence-electron chi connectivity index (χ3n) is 2.89. The quantitative estimate of drug-likeness (QED) is 0.813. The van der Waals surface area contributed by atoms with Gasteiger partial charge in [0.15, 0.2) is 0 Å². The molecule has 1 aromatic carbocycles. The number of carbonyl (C=O) groups is 2. The number of aliphatic carboxylic acids is 1. The lowest BCUT2D eigenvalue weighted by Gasteiger charge is -2.31. The molecule has 0 aliphatic rings. The smallest absolute Gasteiger partial charge is 0.322 e. The second-order valence-electron chi connectivity index (χ2n) is 4.75. The number of carboxylic acids is 1. The summed E-state index contributed by atoms with van der Waals surface area (Å²) in [5.74, 6) is -1.25. The molecule has 1 amide bonds. The van der Waals surface area contributed by atoms with E-state index in [0.29, 0.717) is 0 Å². The van der Waals surface area contributed by atoms with Gasteiger partial charge in [0.25, 0.3) is 0 Å². The van der Waals surface area contributed by atoms with Crippen molar-refractivity contribution in [1.82, 2.24) is 5.32 Å². The summed E-state index contributed by atoms with van der Waals surface area (Å²) in [4.78, 5) is 24.5. The molecule has 104 valence electrons. The van der Waals surface area contributed by atoms with Gasteiger partial charge in [-0.05, 0) is 18.1 Å². The zero-order valence-electron chi connectivity index (χ0n) is 11.5. The number of hydrogen-bond donors (Lipinski definition) is 2. The number of likely N-dealkylation sites (N-methyl/N-ethyl adjacent to an activating group) is 1. The Bertz CT molecular complexity index is 432. The summed E-state index contributed by atoms with van der Waals surface area (Å²) in [6.45, 7) is 3.51. The van der Waals surface area contributed by atoms with Crippen LogP contribution in [0.15, 0.2) is 30.3 Å². The van der Waals surface area contributed by atoms with E-state index < -0.39 is 12.0 Å². The van der Waals surface area contributed by atoms with Crippen LogP contribution >= 0.6 is 0 Å². The molecule has 1 rings (SSSR count). The van der Waals surface area contributed by atoms with Gasteiger partial charge < -0.3 is 15.3 Å². The van der Waals surface area contributed by atoms with Crippen LogP contribution in [0, 0.1) is 5.92 Å². The van der Waals surface area contributed by atoms with E-state index in [9.17, 15) is 9.59 Å². The lowest BCUT2D eigenvalue weighted by molar-refractivity contribution is -0.138. The number of benzene rings is 1. The summed E-state index contributed by atoms with van der Waals surface area (Å²) >= 11 is 0. The molecule has 0 spiro atoms. The predicted octanol–water partition coefficient (Wildman–Crippen LogP) is 1.35. The lowest BCUT2D eigenvalue weighted by Crippen LogP contribution is -2.49. The first-order valence-corrected chi connectivity index (χ1v) is 6.21. The Hall–Kier alpha value is -2.04. The van der Waals surface area contributed by atoms with Crippen LogP contribution in [0.2, 0.25) is 0 Å². The van der Waals surface area contributed by atoms with Crippen LogP contribution < -0.4 is 10.2 Å². The van der Waals surface area contributed by atoms with Gasteiger partial charge in [-0.25, -0.2) is 0 Å². The van der Waals surface area contributed by atoms with Crippen LogP contribution in [0.1, 0.15) is 13.8 Å². The molecule has 0 heterocycles. The molecule has 0 aromatic heterocycles. The van der Waals surface area contributed by atoms with Crippen LogP contribution in [0.25, 0.3) is 0 Å². The number of amides is 1. The second-order valence-corrected chi connectivity index (χ2v) is 4.75. The van der Waals surface area contributed by atoms with Crippen LogP contribution in [-0.4, -0.2) is 36.6 Å². The minimum Gasteiger partial charge on any atom is -0.480 e. The van der Waals surface area contributed by atoms with Gasteiger partial charge in [-0.2, -0.15) is 0 Å². The fraction of sp³-hybridized carbons (Fsp3) is 0.429. The first-order valence-electron chi connectivity index (χ1n) is 6.21. The molecule has 0 aliphatic heterocycles. The van der Waals surface area contributed by atoms with Crippen molar-refractivity contribution < 1.29 is 14.7 Å². The van der Waals surface area contributed by atoms with Crippen molar-refractivity contribution in [3.63, 3.8) is 0 Å². The fourth-order valence-corrected chi connectivity index (χ4v) is 2.02. The summed E-state index contributed by atoms with van der Waals surface area (Å²) in [7, 11) is 1.83. The van der Waals surface area contributed by atoms with Crippen LogP contribution in [0.5, 0.6) is 0 Å². The highest BCUT2D eigenvalue weighted by Crippen LogP contribution is 2.18. The molecule has 2 N–H and O–H groups in total. The molecule has 1 unspecified atom stereocenters. The Kier molecular flexibility index (Phi) is 5.36. The molecule has 5 heteroatoms. The van der Waals surface area contributed by atoms with Crippen LogP contribution in [-0.2, 0) is 9.59 Å². The Labute approximate surface area is 113 Å². The Morgan fingerprint density at radius 1 is 1.26 bits per heavy atom. The van der Waals surface area contributed by atoms with Gasteiger partial charge in [-0.3, -0.25) is 9.59 Å². The van der Waals surface area contributed by atoms with Gasteiger partial charge in [0.05, 0.1) is 0 Å². The third kappa shape index (κ3) is 4.28. The lowest BCUT2D eigenvalue weighted by atomic mass is 10.0. The minimum atomic E-state index is -1.04. The van der Waals surface area contributed by atoms with Crippen molar-refractivity contribution in [2.24, 2.45) is 5.92 Å². The number of carboxylic acid groups (broad SMARTS) is 1. The van der Waals surface area contributed by atoms with Crippen molar-refractivity contribution in [1.29, 1.82) is 0 Å². The highest BCUT2D eigenvalue weighted by molar-refractivity contribution is 5.88. The average molecular weight is 264 g/mol. The largest absolute Gasteiger partial charge is 0.480 e. The summed E-state index contributed by atoms with van der Waals surface area (Å²) in [6, 6.07) is 9.14. The Balaban J connectivity index is 2.82. The van der Waals surface area contributed by atoms with Crippen molar-refractivity contribution in [3.8, 4) is 0 Å². The number of nitrogens with one attached hydrogen (secondary N) is 1. The summed E-state index contributed by atoms with van der Waals surface area (Å²) in [6.07, 6.45) is 0. The standard InChI is InChI=1S/C14H20N2O3/c1-10(2)13(14(19)15-9-12(17)18)16(3)11-7-5-4-6-8-11/h4-8,10,13H,9H2,1-3H3,(H,15,19)(H,17,18). The summed E-state index contributed by atoms with van der Waals surface area (Å²) in [5.41, 5.74) is 0.923. The maximum absolute atomic E-state index is 12.1. The van der Waals surface area contributed by atoms with E-state index in [-0.39, 0.29) is 18.4 Å². The molecule has 5 nitrogen and oxygen atoms in total. The van der Waals surface area contributed by atoms with Gasteiger partial charge in [0.1, 0.15) is 12.6 Å². The number of hydrogen-bond acceptors (Lipinski definition) is 3. The molecular weight excluding hydrogens is 244 g/mol. The van der Waals surface area contributed by atoms with E-state index >= 15 is 0 Å². The van der Waals surface area contributed by atoms with Crippen molar-refractivity contribution in [2.75, 3.05) is 18.5 Å². The highest BCUT2D eigenvalue weighted by Gasteiger charge is 2.26. The maximum atomic E-state index is 12.1. The number of nitrogens with zero attached hydrogens (tertiary/aromatic N) is 1. The third-order valence-corrected chi connectivity index (χ3v) is 2.89. The van der Waals surface area contributed by atoms with Gasteiger partial charge in [-0.15, -0.1) is 0 Å². The SMILES string of the molecule is CC(C)C(C(=O)NCC(=O)O)N(C)c1ccccc1. The van der Waals surface area contributed by atoms with E-state index in [2.05, 4.69) is 5.32 Å². The number of para-hydroxylation sites is 1. The van der Waals surface area contributed by atoms with Crippen molar-refractivity contribution >= 4 is 17.6 Å². The van der Waals surface area contributed by atoms with Gasteiger partial charge in [-0.1, -0.05) is 32.0 Å². The van der Waals surface area contributed by atoms with Crippen LogP contribution in [0.3, 0.4) is 0 Å². The van der Waals surface area contributed by atoms with Gasteiger partial charge >= 0.3 is 5.97 Å². The molecule has 0 bridgehead atoms. The number of anilines is 1. The first-order chi connectivity index (χ1) is 8.93. The van der Waals surface area contributed by atoms with E-state index in [1.54, 1.807) is 0 Å². The molecule has 1 aromatic rings. The Morgan fingerprint density at radius 2 is 1.84 bits per heavy atom. The predicted molar refractivity (Wildman–Crippen MR) is 74.1 cm³/mol.